The smallest absolute Gasteiger partial charge is 0.249 e. The summed E-state index contributed by atoms with van der Waals surface area (Å²) in [7, 11) is 0. The minimum Gasteiger partial charge on any atom is -0.340 e. The molecule has 1 heterocycles. The summed E-state index contributed by atoms with van der Waals surface area (Å²) in [4.78, 5) is 27.2. The molecule has 1 aliphatic carbocycles. The van der Waals surface area contributed by atoms with E-state index >= 15 is 0 Å². The second-order valence-electron chi connectivity index (χ2n) is 6.55. The van der Waals surface area contributed by atoms with E-state index in [0.717, 1.165) is 45.1 Å². The second kappa shape index (κ2) is 6.15. The number of hydrogen-bond donors (Lipinski definition) is 1. The molecule has 2 fully saturated rings. The number of amides is 2. The van der Waals surface area contributed by atoms with Crippen LogP contribution in [-0.2, 0) is 9.59 Å². The fraction of sp³-hybridized carbons (Fsp3) is 0.875. The number of carbonyl (C=O) groups is 2. The Morgan fingerprint density at radius 2 is 1.95 bits per heavy atom. The molecule has 1 saturated heterocycles. The number of rotatable bonds is 5. The first-order chi connectivity index (χ1) is 9.54. The highest BCUT2D eigenvalue weighted by atomic mass is 16.2. The lowest BCUT2D eigenvalue weighted by atomic mass is 9.89. The van der Waals surface area contributed by atoms with Gasteiger partial charge >= 0.3 is 0 Å². The molecule has 114 valence electrons. The van der Waals surface area contributed by atoms with Crippen molar-refractivity contribution in [3.63, 3.8) is 0 Å². The van der Waals surface area contributed by atoms with Crippen molar-refractivity contribution in [3.8, 4) is 0 Å². The number of piperazine rings is 1. The molecule has 1 aliphatic heterocycles. The average Bonchev–Trinajstić information content (AvgIpc) is 2.86. The Hall–Kier alpha value is -1.06. The van der Waals surface area contributed by atoms with Crippen LogP contribution in [0.2, 0.25) is 0 Å². The maximum Gasteiger partial charge on any atom is 0.249 e. The molecule has 2 atom stereocenters. The van der Waals surface area contributed by atoms with Gasteiger partial charge in [0.15, 0.2) is 0 Å². The zero-order chi connectivity index (χ0) is 14.8. The SMILES string of the molecule is CCCC(C)CN1C(=O)C2(CCCC2)NC(=O)C1CC. The first kappa shape index (κ1) is 15.3. The van der Waals surface area contributed by atoms with Crippen LogP contribution in [0.4, 0.5) is 0 Å². The monoisotopic (exact) mass is 280 g/mol. The summed E-state index contributed by atoms with van der Waals surface area (Å²) in [5.74, 6) is 0.685. The van der Waals surface area contributed by atoms with Gasteiger partial charge in [-0.3, -0.25) is 9.59 Å². The Kier molecular flexibility index (Phi) is 4.71. The molecule has 1 spiro atoms. The summed E-state index contributed by atoms with van der Waals surface area (Å²) >= 11 is 0. The van der Waals surface area contributed by atoms with Crippen LogP contribution in [0.25, 0.3) is 0 Å². The molecule has 2 rings (SSSR count). The third kappa shape index (κ3) is 2.70. The van der Waals surface area contributed by atoms with Crippen LogP contribution in [0.15, 0.2) is 0 Å². The van der Waals surface area contributed by atoms with Gasteiger partial charge in [-0.25, -0.2) is 0 Å². The van der Waals surface area contributed by atoms with Crippen molar-refractivity contribution >= 4 is 11.8 Å². The van der Waals surface area contributed by atoms with Gasteiger partial charge in [0, 0.05) is 6.54 Å². The van der Waals surface area contributed by atoms with E-state index in [1.54, 1.807) is 0 Å². The lowest BCUT2D eigenvalue weighted by molar-refractivity contribution is -0.155. The van der Waals surface area contributed by atoms with Gasteiger partial charge in [-0.15, -0.1) is 0 Å². The molecule has 0 aromatic rings. The Labute approximate surface area is 122 Å². The molecule has 1 N–H and O–H groups in total. The highest BCUT2D eigenvalue weighted by Crippen LogP contribution is 2.35. The second-order valence-corrected chi connectivity index (χ2v) is 6.55. The van der Waals surface area contributed by atoms with Gasteiger partial charge in [0.05, 0.1) is 0 Å². The fourth-order valence-corrected chi connectivity index (χ4v) is 3.78. The summed E-state index contributed by atoms with van der Waals surface area (Å²) < 4.78 is 0. The molecule has 0 aromatic heterocycles. The Morgan fingerprint density at radius 3 is 2.50 bits per heavy atom. The first-order valence-corrected chi connectivity index (χ1v) is 8.17. The van der Waals surface area contributed by atoms with Gasteiger partial charge in [0.2, 0.25) is 11.8 Å². The normalized spacial score (nSPS) is 26.9. The quantitative estimate of drug-likeness (QED) is 0.841. The number of hydrogen-bond acceptors (Lipinski definition) is 2. The van der Waals surface area contributed by atoms with E-state index in [0.29, 0.717) is 12.3 Å². The predicted octanol–water partition coefficient (Wildman–Crippen LogP) is 2.47. The van der Waals surface area contributed by atoms with E-state index in [-0.39, 0.29) is 17.9 Å². The van der Waals surface area contributed by atoms with Gasteiger partial charge in [-0.05, 0) is 31.6 Å². The minimum absolute atomic E-state index is 0.0534. The molecule has 20 heavy (non-hydrogen) atoms. The van der Waals surface area contributed by atoms with Crippen molar-refractivity contribution in [3.05, 3.63) is 0 Å². The minimum atomic E-state index is -0.575. The zero-order valence-corrected chi connectivity index (χ0v) is 13.1. The predicted molar refractivity (Wildman–Crippen MR) is 79.2 cm³/mol. The van der Waals surface area contributed by atoms with Crippen molar-refractivity contribution in [2.75, 3.05) is 6.54 Å². The number of nitrogens with zero attached hydrogens (tertiary/aromatic N) is 1. The standard InChI is InChI=1S/C16H28N2O2/c1-4-8-12(3)11-18-13(5-2)14(19)17-16(15(18)20)9-6-7-10-16/h12-13H,4-11H2,1-3H3,(H,17,19). The molecule has 2 amide bonds. The maximum atomic E-state index is 12.9. The summed E-state index contributed by atoms with van der Waals surface area (Å²) in [6.07, 6.45) is 6.64. The van der Waals surface area contributed by atoms with Crippen molar-refractivity contribution in [1.82, 2.24) is 10.2 Å². The van der Waals surface area contributed by atoms with E-state index < -0.39 is 5.54 Å². The third-order valence-corrected chi connectivity index (χ3v) is 4.85. The zero-order valence-electron chi connectivity index (χ0n) is 13.1. The summed E-state index contributed by atoms with van der Waals surface area (Å²) in [6, 6.07) is -0.270. The van der Waals surface area contributed by atoms with Crippen LogP contribution in [-0.4, -0.2) is 34.8 Å². The van der Waals surface area contributed by atoms with E-state index in [9.17, 15) is 9.59 Å². The van der Waals surface area contributed by atoms with Gasteiger partial charge in [0.25, 0.3) is 0 Å². The fourth-order valence-electron chi connectivity index (χ4n) is 3.78. The summed E-state index contributed by atoms with van der Waals surface area (Å²) in [5.41, 5.74) is -0.575. The van der Waals surface area contributed by atoms with Crippen LogP contribution < -0.4 is 5.32 Å². The number of nitrogens with one attached hydrogen (secondary N) is 1. The Morgan fingerprint density at radius 1 is 1.30 bits per heavy atom. The molecule has 0 radical (unpaired) electrons. The van der Waals surface area contributed by atoms with Crippen LogP contribution in [0.1, 0.15) is 65.7 Å². The Bertz CT molecular complexity index is 375. The van der Waals surface area contributed by atoms with E-state index in [4.69, 9.17) is 0 Å². The molecule has 4 nitrogen and oxygen atoms in total. The maximum absolute atomic E-state index is 12.9. The molecule has 2 unspecified atom stereocenters. The van der Waals surface area contributed by atoms with Crippen molar-refractivity contribution in [2.24, 2.45) is 5.92 Å². The average molecular weight is 280 g/mol. The molecule has 0 bridgehead atoms. The molecule has 2 aliphatic rings. The molecule has 4 heteroatoms. The topological polar surface area (TPSA) is 49.4 Å². The van der Waals surface area contributed by atoms with E-state index in [2.05, 4.69) is 19.2 Å². The highest BCUT2D eigenvalue weighted by Gasteiger charge is 2.51. The highest BCUT2D eigenvalue weighted by molar-refractivity contribution is 6.00. The van der Waals surface area contributed by atoms with Crippen LogP contribution in [0, 0.1) is 5.92 Å². The number of carbonyl (C=O) groups excluding carboxylic acids is 2. The van der Waals surface area contributed by atoms with Crippen LogP contribution >= 0.6 is 0 Å². The lowest BCUT2D eigenvalue weighted by Crippen LogP contribution is -2.69. The largest absolute Gasteiger partial charge is 0.340 e. The van der Waals surface area contributed by atoms with Crippen LogP contribution in [0.3, 0.4) is 0 Å². The van der Waals surface area contributed by atoms with Crippen molar-refractivity contribution in [2.45, 2.75) is 77.3 Å². The van der Waals surface area contributed by atoms with E-state index in [1.807, 2.05) is 11.8 Å². The molecule has 0 aromatic carbocycles. The van der Waals surface area contributed by atoms with Crippen molar-refractivity contribution in [1.29, 1.82) is 0 Å². The summed E-state index contributed by atoms with van der Waals surface area (Å²) in [5, 5.41) is 3.05. The van der Waals surface area contributed by atoms with Crippen molar-refractivity contribution < 1.29 is 9.59 Å². The molecule has 1 saturated carbocycles. The summed E-state index contributed by atoms with van der Waals surface area (Å²) in [6.45, 7) is 7.05. The van der Waals surface area contributed by atoms with Gasteiger partial charge in [0.1, 0.15) is 11.6 Å². The first-order valence-electron chi connectivity index (χ1n) is 8.17. The van der Waals surface area contributed by atoms with Gasteiger partial charge in [-0.1, -0.05) is 40.0 Å². The third-order valence-electron chi connectivity index (χ3n) is 4.85. The van der Waals surface area contributed by atoms with Crippen LogP contribution in [0.5, 0.6) is 0 Å². The lowest BCUT2D eigenvalue weighted by Gasteiger charge is -2.45. The molecular formula is C16H28N2O2. The van der Waals surface area contributed by atoms with E-state index in [1.165, 1.54) is 0 Å². The van der Waals surface area contributed by atoms with Gasteiger partial charge in [-0.2, -0.15) is 0 Å². The Balaban J connectivity index is 2.19. The van der Waals surface area contributed by atoms with Gasteiger partial charge < -0.3 is 10.2 Å². The molecular weight excluding hydrogens is 252 g/mol.